The van der Waals surface area contributed by atoms with Gasteiger partial charge in [0.25, 0.3) is 0 Å². The molecule has 0 saturated carbocycles. The molecular formula is C19H31N3O. The average Bonchev–Trinajstić information content (AvgIpc) is 2.87. The van der Waals surface area contributed by atoms with E-state index in [-0.39, 0.29) is 0 Å². The fourth-order valence-electron chi connectivity index (χ4n) is 3.77. The van der Waals surface area contributed by atoms with Crippen molar-refractivity contribution in [2.75, 3.05) is 11.9 Å². The van der Waals surface area contributed by atoms with Crippen molar-refractivity contribution in [3.05, 3.63) is 29.8 Å². The van der Waals surface area contributed by atoms with Gasteiger partial charge in [-0.15, -0.1) is 0 Å². The monoisotopic (exact) mass is 317 g/mol. The Morgan fingerprint density at radius 1 is 1.26 bits per heavy atom. The Labute approximate surface area is 140 Å². The van der Waals surface area contributed by atoms with E-state index in [0.717, 1.165) is 18.2 Å². The highest BCUT2D eigenvalue weighted by molar-refractivity contribution is 5.87. The van der Waals surface area contributed by atoms with Crippen molar-refractivity contribution < 1.29 is 4.79 Å². The normalized spacial score (nSPS) is 21.5. The lowest BCUT2D eigenvalue weighted by Crippen LogP contribution is -2.38. The Hall–Kier alpha value is -1.55. The zero-order valence-corrected chi connectivity index (χ0v) is 14.6. The van der Waals surface area contributed by atoms with Gasteiger partial charge in [-0.2, -0.15) is 0 Å². The molecule has 1 aromatic carbocycles. The number of hydrogen-bond donors (Lipinski definition) is 2. The van der Waals surface area contributed by atoms with E-state index >= 15 is 0 Å². The molecule has 1 aliphatic heterocycles. The molecule has 1 fully saturated rings. The number of nitrogens with one attached hydrogen (secondary N) is 1. The van der Waals surface area contributed by atoms with Gasteiger partial charge in [-0.3, -0.25) is 4.90 Å². The highest BCUT2D eigenvalue weighted by Crippen LogP contribution is 2.30. The molecule has 0 bridgehead atoms. The van der Waals surface area contributed by atoms with Crippen LogP contribution in [0.1, 0.15) is 57.9 Å². The molecule has 4 nitrogen and oxygen atoms in total. The van der Waals surface area contributed by atoms with Crippen LogP contribution in [0.15, 0.2) is 24.3 Å². The second-order valence-corrected chi connectivity index (χ2v) is 6.66. The average molecular weight is 317 g/mol. The number of carbonyl (C=O) groups is 1. The van der Waals surface area contributed by atoms with Gasteiger partial charge in [0.1, 0.15) is 0 Å². The Balaban J connectivity index is 2.03. The molecule has 1 aliphatic rings. The second kappa shape index (κ2) is 8.92. The van der Waals surface area contributed by atoms with E-state index in [1.807, 2.05) is 12.1 Å². The van der Waals surface area contributed by atoms with Crippen LogP contribution in [-0.4, -0.2) is 29.6 Å². The van der Waals surface area contributed by atoms with E-state index in [0.29, 0.717) is 6.04 Å². The lowest BCUT2D eigenvalue weighted by atomic mass is 10.0. The molecule has 0 aromatic heterocycles. The van der Waals surface area contributed by atoms with Crippen LogP contribution in [0, 0.1) is 0 Å². The summed E-state index contributed by atoms with van der Waals surface area (Å²) in [5.74, 6) is 0. The van der Waals surface area contributed by atoms with Gasteiger partial charge >= 0.3 is 6.03 Å². The molecule has 2 rings (SSSR count). The van der Waals surface area contributed by atoms with Crippen LogP contribution in [0.3, 0.4) is 0 Å². The first kappa shape index (κ1) is 17.8. The number of unbranched alkanes of at least 4 members (excludes halogenated alkanes) is 1. The number of hydrogen-bond acceptors (Lipinski definition) is 2. The highest BCUT2D eigenvalue weighted by atomic mass is 16.2. The summed E-state index contributed by atoms with van der Waals surface area (Å²) in [7, 11) is 0. The molecule has 0 aliphatic carbocycles. The molecular weight excluding hydrogens is 286 g/mol. The Kier molecular flexibility index (Phi) is 6.90. The quantitative estimate of drug-likeness (QED) is 0.756. The minimum Gasteiger partial charge on any atom is -0.351 e. The first-order valence-electron chi connectivity index (χ1n) is 9.05. The van der Waals surface area contributed by atoms with E-state index in [4.69, 9.17) is 5.73 Å². The summed E-state index contributed by atoms with van der Waals surface area (Å²) in [6, 6.07) is 8.96. The lowest BCUT2D eigenvalue weighted by Gasteiger charge is -2.30. The smallest absolute Gasteiger partial charge is 0.316 e. The van der Waals surface area contributed by atoms with Crippen molar-refractivity contribution >= 4 is 11.7 Å². The van der Waals surface area contributed by atoms with Crippen LogP contribution < -0.4 is 11.1 Å². The maximum absolute atomic E-state index is 11.0. The van der Waals surface area contributed by atoms with Gasteiger partial charge in [-0.25, -0.2) is 4.79 Å². The molecule has 0 unspecified atom stereocenters. The predicted octanol–water partition coefficient (Wildman–Crippen LogP) is 4.15. The van der Waals surface area contributed by atoms with E-state index in [2.05, 4.69) is 36.2 Å². The minimum absolute atomic E-state index is 0.504. The molecule has 1 saturated heterocycles. The molecule has 3 N–H and O–H groups in total. The van der Waals surface area contributed by atoms with Gasteiger partial charge in [-0.1, -0.05) is 38.8 Å². The fraction of sp³-hybridized carbons (Fsp3) is 0.632. The van der Waals surface area contributed by atoms with E-state index in [1.54, 1.807) is 0 Å². The fourth-order valence-corrected chi connectivity index (χ4v) is 3.77. The van der Waals surface area contributed by atoms with Crippen molar-refractivity contribution in [2.24, 2.45) is 5.73 Å². The van der Waals surface area contributed by atoms with E-state index in [9.17, 15) is 4.79 Å². The van der Waals surface area contributed by atoms with Crippen molar-refractivity contribution in [2.45, 2.75) is 70.9 Å². The Morgan fingerprint density at radius 3 is 2.74 bits per heavy atom. The summed E-state index contributed by atoms with van der Waals surface area (Å²) in [5, 5.41) is 2.67. The Bertz CT molecular complexity index is 503. The maximum Gasteiger partial charge on any atom is 0.316 e. The van der Waals surface area contributed by atoms with Crippen molar-refractivity contribution in [1.82, 2.24) is 4.90 Å². The molecule has 128 valence electrons. The molecule has 0 radical (unpaired) electrons. The van der Waals surface area contributed by atoms with Crippen molar-refractivity contribution in [1.29, 1.82) is 0 Å². The van der Waals surface area contributed by atoms with Gasteiger partial charge in [0, 0.05) is 17.8 Å². The number of rotatable bonds is 8. The van der Waals surface area contributed by atoms with Crippen LogP contribution >= 0.6 is 0 Å². The number of anilines is 1. The van der Waals surface area contributed by atoms with Gasteiger partial charge in [0.05, 0.1) is 0 Å². The molecule has 1 heterocycles. The molecule has 2 amide bonds. The summed E-state index contributed by atoms with van der Waals surface area (Å²) in [5.41, 5.74) is 7.28. The number of primary amides is 1. The number of nitrogens with two attached hydrogens (primary N) is 1. The SMILES string of the molecule is CCCCN1[C@@H](CCC)CC[C@@H]1Cc1cccc(NC(N)=O)c1. The molecule has 0 spiro atoms. The zero-order valence-electron chi connectivity index (χ0n) is 14.6. The third-order valence-corrected chi connectivity index (χ3v) is 4.83. The Morgan fingerprint density at radius 2 is 2.04 bits per heavy atom. The van der Waals surface area contributed by atoms with Crippen LogP contribution in [0.25, 0.3) is 0 Å². The number of carbonyl (C=O) groups excluding carboxylic acids is 1. The highest BCUT2D eigenvalue weighted by Gasteiger charge is 2.31. The summed E-state index contributed by atoms with van der Waals surface area (Å²) >= 11 is 0. The number of likely N-dealkylation sites (tertiary alicyclic amines) is 1. The van der Waals surface area contributed by atoms with E-state index in [1.165, 1.54) is 50.6 Å². The molecule has 1 aromatic rings. The predicted molar refractivity (Wildman–Crippen MR) is 96.7 cm³/mol. The van der Waals surface area contributed by atoms with Crippen molar-refractivity contribution in [3.63, 3.8) is 0 Å². The van der Waals surface area contributed by atoms with Gasteiger partial charge in [-0.05, 0) is 56.3 Å². The van der Waals surface area contributed by atoms with Crippen molar-refractivity contribution in [3.8, 4) is 0 Å². The third kappa shape index (κ3) is 5.24. The minimum atomic E-state index is -0.504. The topological polar surface area (TPSA) is 58.4 Å². The molecule has 23 heavy (non-hydrogen) atoms. The number of benzene rings is 1. The first-order valence-corrected chi connectivity index (χ1v) is 9.05. The standard InChI is InChI=1S/C19H31N3O/c1-3-5-12-22-17(7-4-2)10-11-18(22)14-15-8-6-9-16(13-15)21-19(20)23/h6,8-9,13,17-18H,3-5,7,10-12,14H2,1-2H3,(H3,20,21,23)/t17-,18+/m0/s1. The van der Waals surface area contributed by atoms with Crippen LogP contribution in [0.5, 0.6) is 0 Å². The third-order valence-electron chi connectivity index (χ3n) is 4.83. The summed E-state index contributed by atoms with van der Waals surface area (Å²) in [6.45, 7) is 5.76. The zero-order chi connectivity index (χ0) is 16.7. The van der Waals surface area contributed by atoms with Gasteiger partial charge < -0.3 is 11.1 Å². The lowest BCUT2D eigenvalue weighted by molar-refractivity contribution is 0.180. The largest absolute Gasteiger partial charge is 0.351 e. The number of amides is 2. The summed E-state index contributed by atoms with van der Waals surface area (Å²) in [6.07, 6.45) is 8.75. The molecule has 4 heteroatoms. The molecule has 2 atom stereocenters. The first-order chi connectivity index (χ1) is 11.1. The van der Waals surface area contributed by atoms with Crippen LogP contribution in [-0.2, 0) is 6.42 Å². The van der Waals surface area contributed by atoms with Gasteiger partial charge in [0.2, 0.25) is 0 Å². The van der Waals surface area contributed by atoms with Crippen LogP contribution in [0.2, 0.25) is 0 Å². The van der Waals surface area contributed by atoms with Crippen LogP contribution in [0.4, 0.5) is 10.5 Å². The van der Waals surface area contributed by atoms with E-state index < -0.39 is 6.03 Å². The number of urea groups is 1. The number of nitrogens with zero attached hydrogens (tertiary/aromatic N) is 1. The van der Waals surface area contributed by atoms with Gasteiger partial charge in [0.15, 0.2) is 0 Å². The maximum atomic E-state index is 11.0. The summed E-state index contributed by atoms with van der Waals surface area (Å²) < 4.78 is 0. The second-order valence-electron chi connectivity index (χ2n) is 6.66. The summed E-state index contributed by atoms with van der Waals surface area (Å²) in [4.78, 5) is 13.7.